The molecule has 1 aromatic carbocycles. The zero-order chi connectivity index (χ0) is 16.2. The van der Waals surface area contributed by atoms with Gasteiger partial charge in [0.05, 0.1) is 12.2 Å². The number of likely N-dealkylation sites (tertiary alicyclic amines) is 1. The molecule has 0 N–H and O–H groups in total. The van der Waals surface area contributed by atoms with Gasteiger partial charge in [0.15, 0.2) is 0 Å². The van der Waals surface area contributed by atoms with Crippen LogP contribution in [0.1, 0.15) is 37.7 Å². The van der Waals surface area contributed by atoms with Crippen LogP contribution >= 0.6 is 0 Å². The molecule has 0 aromatic heterocycles. The number of ether oxygens (including phenoxy) is 1. The maximum atomic E-state index is 6.30. The second-order valence-corrected chi connectivity index (χ2v) is 8.18. The number of aryl methyl sites for hydroxylation is 1. The monoisotopic (exact) mass is 328 g/mol. The Kier molecular flexibility index (Phi) is 5.21. The van der Waals surface area contributed by atoms with Crippen LogP contribution in [0.25, 0.3) is 0 Å². The van der Waals surface area contributed by atoms with Gasteiger partial charge in [-0.2, -0.15) is 0 Å². The molecule has 1 saturated carbocycles. The van der Waals surface area contributed by atoms with Gasteiger partial charge in [0.2, 0.25) is 0 Å². The van der Waals surface area contributed by atoms with Crippen LogP contribution in [0.2, 0.25) is 0 Å². The van der Waals surface area contributed by atoms with Crippen molar-refractivity contribution < 1.29 is 4.74 Å². The Morgan fingerprint density at radius 2 is 1.88 bits per heavy atom. The number of nitrogens with zero attached hydrogens (tertiary/aromatic N) is 2. The van der Waals surface area contributed by atoms with E-state index in [1.165, 1.54) is 70.3 Å². The zero-order valence-corrected chi connectivity index (χ0v) is 15.0. The molecule has 1 unspecified atom stereocenters. The van der Waals surface area contributed by atoms with E-state index in [2.05, 4.69) is 40.1 Å². The molecule has 24 heavy (non-hydrogen) atoms. The molecule has 3 fully saturated rings. The standard InChI is InChI=1S/C21H32N2O/c1-2-6-19(7-3-1)10-5-12-22-14-15-24-21(17-22)11-13-23(18-21)16-20-8-4-9-20/h1-3,6-7,20H,4-5,8-18H2. The first-order chi connectivity index (χ1) is 11.8. The summed E-state index contributed by atoms with van der Waals surface area (Å²) in [5.74, 6) is 0.978. The summed E-state index contributed by atoms with van der Waals surface area (Å²) in [5.41, 5.74) is 1.60. The summed E-state index contributed by atoms with van der Waals surface area (Å²) in [7, 11) is 0. The van der Waals surface area contributed by atoms with Crippen molar-refractivity contribution in [3.8, 4) is 0 Å². The minimum Gasteiger partial charge on any atom is -0.371 e. The summed E-state index contributed by atoms with van der Waals surface area (Å²) in [4.78, 5) is 5.33. The topological polar surface area (TPSA) is 15.7 Å². The van der Waals surface area contributed by atoms with E-state index in [1.807, 2.05) is 0 Å². The molecule has 3 nitrogen and oxygen atoms in total. The number of benzene rings is 1. The van der Waals surface area contributed by atoms with E-state index < -0.39 is 0 Å². The molecule has 132 valence electrons. The van der Waals surface area contributed by atoms with Gasteiger partial charge in [0.25, 0.3) is 0 Å². The fourth-order valence-corrected chi connectivity index (χ4v) is 4.64. The van der Waals surface area contributed by atoms with Crippen LogP contribution in [-0.2, 0) is 11.2 Å². The lowest BCUT2D eigenvalue weighted by Crippen LogP contribution is -2.53. The van der Waals surface area contributed by atoms with Gasteiger partial charge >= 0.3 is 0 Å². The molecule has 2 saturated heterocycles. The molecule has 2 aliphatic heterocycles. The third-order valence-electron chi connectivity index (χ3n) is 6.25. The second kappa shape index (κ2) is 7.55. The van der Waals surface area contributed by atoms with Gasteiger partial charge in [-0.05, 0) is 50.1 Å². The van der Waals surface area contributed by atoms with Crippen LogP contribution < -0.4 is 0 Å². The zero-order valence-electron chi connectivity index (χ0n) is 15.0. The molecular formula is C21H32N2O. The quantitative estimate of drug-likeness (QED) is 0.797. The first-order valence-corrected chi connectivity index (χ1v) is 9.94. The molecule has 2 heterocycles. The molecule has 0 radical (unpaired) electrons. The number of rotatable bonds is 6. The van der Waals surface area contributed by atoms with Crippen LogP contribution in [0.5, 0.6) is 0 Å². The first kappa shape index (κ1) is 16.6. The predicted octanol–water partition coefficient (Wildman–Crippen LogP) is 3.20. The molecule has 1 spiro atoms. The largest absolute Gasteiger partial charge is 0.371 e. The summed E-state index contributed by atoms with van der Waals surface area (Å²) >= 11 is 0. The molecule has 4 rings (SSSR count). The lowest BCUT2D eigenvalue weighted by atomic mass is 9.85. The minimum absolute atomic E-state index is 0.134. The van der Waals surface area contributed by atoms with E-state index in [0.29, 0.717) is 0 Å². The first-order valence-electron chi connectivity index (χ1n) is 9.94. The Balaban J connectivity index is 1.23. The van der Waals surface area contributed by atoms with Gasteiger partial charge in [-0.15, -0.1) is 0 Å². The van der Waals surface area contributed by atoms with Crippen molar-refractivity contribution >= 4 is 0 Å². The highest BCUT2D eigenvalue weighted by Gasteiger charge is 2.43. The van der Waals surface area contributed by atoms with E-state index in [1.54, 1.807) is 0 Å². The minimum atomic E-state index is 0.134. The van der Waals surface area contributed by atoms with Crippen molar-refractivity contribution in [3.05, 3.63) is 35.9 Å². The molecule has 0 amide bonds. The molecule has 3 aliphatic rings. The van der Waals surface area contributed by atoms with Crippen molar-refractivity contribution in [2.24, 2.45) is 5.92 Å². The summed E-state index contributed by atoms with van der Waals surface area (Å²) < 4.78 is 6.30. The normalized spacial score (nSPS) is 29.2. The van der Waals surface area contributed by atoms with Gasteiger partial charge in [-0.3, -0.25) is 4.90 Å². The van der Waals surface area contributed by atoms with Crippen LogP contribution in [0.3, 0.4) is 0 Å². The summed E-state index contributed by atoms with van der Waals surface area (Å²) in [5, 5.41) is 0. The van der Waals surface area contributed by atoms with Crippen LogP contribution in [-0.4, -0.2) is 61.3 Å². The van der Waals surface area contributed by atoms with Crippen LogP contribution in [0.4, 0.5) is 0 Å². The van der Waals surface area contributed by atoms with E-state index in [4.69, 9.17) is 4.74 Å². The molecule has 1 aliphatic carbocycles. The van der Waals surface area contributed by atoms with Crippen molar-refractivity contribution in [2.75, 3.05) is 45.9 Å². The maximum absolute atomic E-state index is 6.30. The molecule has 0 bridgehead atoms. The Hall–Kier alpha value is -0.900. The molecule has 1 aromatic rings. The summed E-state index contributed by atoms with van der Waals surface area (Å²) in [6.07, 6.45) is 8.04. The average molecular weight is 329 g/mol. The van der Waals surface area contributed by atoms with Gasteiger partial charge < -0.3 is 9.64 Å². The van der Waals surface area contributed by atoms with E-state index in [0.717, 1.165) is 25.6 Å². The lowest BCUT2D eigenvalue weighted by molar-refractivity contribution is -0.102. The highest BCUT2D eigenvalue weighted by molar-refractivity contribution is 5.14. The smallest absolute Gasteiger partial charge is 0.0947 e. The fourth-order valence-electron chi connectivity index (χ4n) is 4.64. The van der Waals surface area contributed by atoms with Gasteiger partial charge in [0, 0.05) is 32.7 Å². The van der Waals surface area contributed by atoms with Gasteiger partial charge in [0.1, 0.15) is 0 Å². The third-order valence-corrected chi connectivity index (χ3v) is 6.25. The van der Waals surface area contributed by atoms with Crippen molar-refractivity contribution in [1.82, 2.24) is 9.80 Å². The van der Waals surface area contributed by atoms with E-state index >= 15 is 0 Å². The Morgan fingerprint density at radius 1 is 1.04 bits per heavy atom. The predicted molar refractivity (Wildman–Crippen MR) is 98.3 cm³/mol. The van der Waals surface area contributed by atoms with Crippen LogP contribution in [0.15, 0.2) is 30.3 Å². The number of hydrogen-bond donors (Lipinski definition) is 0. The maximum Gasteiger partial charge on any atom is 0.0947 e. The molecule has 1 atom stereocenters. The van der Waals surface area contributed by atoms with Crippen molar-refractivity contribution in [1.29, 1.82) is 0 Å². The van der Waals surface area contributed by atoms with Crippen molar-refractivity contribution in [3.63, 3.8) is 0 Å². The fraction of sp³-hybridized carbons (Fsp3) is 0.714. The molecule has 3 heteroatoms. The van der Waals surface area contributed by atoms with Gasteiger partial charge in [-0.1, -0.05) is 36.8 Å². The highest BCUT2D eigenvalue weighted by Crippen LogP contribution is 2.33. The summed E-state index contributed by atoms with van der Waals surface area (Å²) in [6.45, 7) is 8.11. The lowest BCUT2D eigenvalue weighted by Gasteiger charge is -2.41. The molecular weight excluding hydrogens is 296 g/mol. The Morgan fingerprint density at radius 3 is 2.67 bits per heavy atom. The average Bonchev–Trinajstić information content (AvgIpc) is 2.94. The van der Waals surface area contributed by atoms with Crippen molar-refractivity contribution in [2.45, 2.75) is 44.1 Å². The van der Waals surface area contributed by atoms with Gasteiger partial charge in [-0.25, -0.2) is 0 Å². The van der Waals surface area contributed by atoms with E-state index in [9.17, 15) is 0 Å². The number of morpholine rings is 1. The number of hydrogen-bond acceptors (Lipinski definition) is 3. The van der Waals surface area contributed by atoms with E-state index in [-0.39, 0.29) is 5.60 Å². The summed E-state index contributed by atoms with van der Waals surface area (Å²) in [6, 6.07) is 10.9. The Bertz CT molecular complexity index is 516. The van der Waals surface area contributed by atoms with Crippen LogP contribution in [0, 0.1) is 5.92 Å². The third kappa shape index (κ3) is 4.01. The Labute approximate surface area is 147 Å². The highest BCUT2D eigenvalue weighted by atomic mass is 16.5. The second-order valence-electron chi connectivity index (χ2n) is 8.18. The SMILES string of the molecule is c1ccc(CCCN2CCOC3(CCN(CC4CCC4)C3)C2)cc1.